The summed E-state index contributed by atoms with van der Waals surface area (Å²) in [7, 11) is 0. The molecule has 0 saturated heterocycles. The number of aromatic nitrogens is 3. The summed E-state index contributed by atoms with van der Waals surface area (Å²) in [5, 5.41) is 11.6. The Morgan fingerprint density at radius 2 is 2.38 bits per heavy atom. The van der Waals surface area contributed by atoms with E-state index in [-0.39, 0.29) is 5.91 Å². The first kappa shape index (κ1) is 16.3. The van der Waals surface area contributed by atoms with Gasteiger partial charge < -0.3 is 14.6 Å². The van der Waals surface area contributed by atoms with E-state index in [0.29, 0.717) is 18.3 Å². The van der Waals surface area contributed by atoms with E-state index >= 15 is 0 Å². The molecule has 0 aromatic carbocycles. The molecule has 118 valence electrons. The van der Waals surface area contributed by atoms with Gasteiger partial charge in [0.05, 0.1) is 5.75 Å². The lowest BCUT2D eigenvalue weighted by Crippen LogP contribution is -2.27. The number of carbonyl (C=O) groups is 1. The molecule has 1 aliphatic carbocycles. The van der Waals surface area contributed by atoms with Gasteiger partial charge in [0.25, 0.3) is 0 Å². The van der Waals surface area contributed by atoms with E-state index < -0.39 is 0 Å². The number of amides is 1. The molecular formula is C14H24N4O2S. The zero-order chi connectivity index (χ0) is 15.1. The number of hydrogen-bond acceptors (Lipinski definition) is 5. The van der Waals surface area contributed by atoms with Crippen molar-refractivity contribution in [3.8, 4) is 0 Å². The second-order valence-electron chi connectivity index (χ2n) is 5.63. The van der Waals surface area contributed by atoms with Gasteiger partial charge in [0.1, 0.15) is 6.33 Å². The molecular weight excluding hydrogens is 288 g/mol. The summed E-state index contributed by atoms with van der Waals surface area (Å²) in [6.07, 6.45) is 5.19. The Kier molecular flexibility index (Phi) is 6.50. The Morgan fingerprint density at radius 1 is 1.57 bits per heavy atom. The molecule has 1 amide bonds. The Labute approximate surface area is 130 Å². The van der Waals surface area contributed by atoms with Crippen molar-refractivity contribution in [3.63, 3.8) is 0 Å². The Balaban J connectivity index is 1.53. The molecule has 7 heteroatoms. The van der Waals surface area contributed by atoms with Crippen molar-refractivity contribution in [2.45, 2.75) is 44.3 Å². The third-order valence-electron chi connectivity index (χ3n) is 3.27. The molecule has 0 bridgehead atoms. The normalized spacial score (nSPS) is 14.6. The van der Waals surface area contributed by atoms with Crippen LogP contribution in [0.25, 0.3) is 0 Å². The van der Waals surface area contributed by atoms with Crippen molar-refractivity contribution < 1.29 is 9.53 Å². The van der Waals surface area contributed by atoms with Gasteiger partial charge in [-0.1, -0.05) is 11.8 Å². The van der Waals surface area contributed by atoms with E-state index in [1.165, 1.54) is 24.6 Å². The maximum absolute atomic E-state index is 11.7. The van der Waals surface area contributed by atoms with E-state index in [0.717, 1.165) is 30.7 Å². The van der Waals surface area contributed by atoms with E-state index in [1.807, 2.05) is 4.57 Å². The first-order chi connectivity index (χ1) is 10.2. The van der Waals surface area contributed by atoms with Crippen LogP contribution in [0.2, 0.25) is 0 Å². The van der Waals surface area contributed by atoms with Crippen molar-refractivity contribution in [2.24, 2.45) is 5.92 Å². The van der Waals surface area contributed by atoms with Gasteiger partial charge in [-0.2, -0.15) is 0 Å². The minimum atomic E-state index is 0.0282. The summed E-state index contributed by atoms with van der Waals surface area (Å²) in [4.78, 5) is 11.7. The quantitative estimate of drug-likeness (QED) is 0.528. The van der Waals surface area contributed by atoms with Gasteiger partial charge in [-0.15, -0.1) is 10.2 Å². The minimum absolute atomic E-state index is 0.0282. The highest BCUT2D eigenvalue weighted by molar-refractivity contribution is 7.99. The van der Waals surface area contributed by atoms with Crippen molar-refractivity contribution in [3.05, 3.63) is 6.33 Å². The number of nitrogens with zero attached hydrogens (tertiary/aromatic N) is 3. The second kappa shape index (κ2) is 8.38. The Morgan fingerprint density at radius 3 is 3.10 bits per heavy atom. The van der Waals surface area contributed by atoms with Gasteiger partial charge in [-0.05, 0) is 39.0 Å². The van der Waals surface area contributed by atoms with Crippen molar-refractivity contribution >= 4 is 17.7 Å². The molecule has 0 unspecified atom stereocenters. The number of hydrogen-bond donors (Lipinski definition) is 1. The molecule has 0 atom stereocenters. The Bertz CT molecular complexity index is 446. The highest BCUT2D eigenvalue weighted by Crippen LogP contribution is 2.28. The molecule has 1 saturated carbocycles. The van der Waals surface area contributed by atoms with Gasteiger partial charge in [0.2, 0.25) is 5.91 Å². The van der Waals surface area contributed by atoms with Gasteiger partial charge in [0, 0.05) is 25.8 Å². The highest BCUT2D eigenvalue weighted by Gasteiger charge is 2.20. The van der Waals surface area contributed by atoms with E-state index in [9.17, 15) is 4.79 Å². The first-order valence-corrected chi connectivity index (χ1v) is 8.52. The molecule has 1 aliphatic rings. The lowest BCUT2D eigenvalue weighted by molar-refractivity contribution is -0.118. The van der Waals surface area contributed by atoms with Crippen LogP contribution in [0.1, 0.15) is 39.2 Å². The summed E-state index contributed by atoms with van der Waals surface area (Å²) in [5.41, 5.74) is 0. The smallest absolute Gasteiger partial charge is 0.230 e. The van der Waals surface area contributed by atoms with E-state index in [2.05, 4.69) is 29.4 Å². The zero-order valence-electron chi connectivity index (χ0n) is 12.7. The van der Waals surface area contributed by atoms with E-state index in [4.69, 9.17) is 4.74 Å². The van der Waals surface area contributed by atoms with Gasteiger partial charge in [-0.3, -0.25) is 4.79 Å². The molecule has 1 aromatic heterocycles. The van der Waals surface area contributed by atoms with Gasteiger partial charge >= 0.3 is 0 Å². The predicted octanol–water partition coefficient (Wildman–Crippen LogP) is 1.88. The van der Waals surface area contributed by atoms with Crippen LogP contribution >= 0.6 is 11.8 Å². The summed E-state index contributed by atoms with van der Waals surface area (Å²) in [6, 6.07) is 0.300. The topological polar surface area (TPSA) is 69.0 Å². The second-order valence-corrected chi connectivity index (χ2v) is 6.57. The molecule has 1 heterocycles. The standard InChI is InChI=1S/C14H24N4O2S/c1-11(2)18-10-16-17-14(18)21-9-13(19)15-6-3-7-20-8-12-4-5-12/h10-12H,3-9H2,1-2H3,(H,15,19). The first-order valence-electron chi connectivity index (χ1n) is 7.53. The number of nitrogens with one attached hydrogen (secondary N) is 1. The number of ether oxygens (including phenoxy) is 1. The SMILES string of the molecule is CC(C)n1cnnc1SCC(=O)NCCCOCC1CC1. The summed E-state index contributed by atoms with van der Waals surface area (Å²) >= 11 is 1.42. The van der Waals surface area contributed by atoms with Crippen LogP contribution in [0.15, 0.2) is 11.5 Å². The molecule has 1 aromatic rings. The van der Waals surface area contributed by atoms with Gasteiger partial charge in [-0.25, -0.2) is 0 Å². The third-order valence-corrected chi connectivity index (χ3v) is 4.22. The Hall–Kier alpha value is -1.08. The fraction of sp³-hybridized carbons (Fsp3) is 0.786. The fourth-order valence-corrected chi connectivity index (χ4v) is 2.68. The van der Waals surface area contributed by atoms with Gasteiger partial charge in [0.15, 0.2) is 5.16 Å². The summed E-state index contributed by atoms with van der Waals surface area (Å²) < 4.78 is 7.48. The monoisotopic (exact) mass is 312 g/mol. The van der Waals surface area contributed by atoms with Crippen LogP contribution in [-0.2, 0) is 9.53 Å². The minimum Gasteiger partial charge on any atom is -0.381 e. The fourth-order valence-electron chi connectivity index (χ4n) is 1.81. The zero-order valence-corrected chi connectivity index (χ0v) is 13.6. The molecule has 0 radical (unpaired) electrons. The lowest BCUT2D eigenvalue weighted by atomic mass is 10.4. The van der Waals surface area contributed by atoms with Crippen LogP contribution in [-0.4, -0.2) is 46.2 Å². The molecule has 2 rings (SSSR count). The number of thioether (sulfide) groups is 1. The maximum Gasteiger partial charge on any atom is 0.230 e. The molecule has 1 fully saturated rings. The maximum atomic E-state index is 11.7. The molecule has 6 nitrogen and oxygen atoms in total. The third kappa shape index (κ3) is 6.05. The lowest BCUT2D eigenvalue weighted by Gasteiger charge is -2.09. The van der Waals surface area contributed by atoms with Crippen LogP contribution in [0.4, 0.5) is 0 Å². The molecule has 0 aliphatic heterocycles. The highest BCUT2D eigenvalue weighted by atomic mass is 32.2. The molecule has 0 spiro atoms. The average molecular weight is 312 g/mol. The van der Waals surface area contributed by atoms with Crippen LogP contribution < -0.4 is 5.32 Å². The largest absolute Gasteiger partial charge is 0.381 e. The molecule has 21 heavy (non-hydrogen) atoms. The number of carbonyl (C=O) groups excluding carboxylic acids is 1. The van der Waals surface area contributed by atoms with Crippen molar-refractivity contribution in [1.29, 1.82) is 0 Å². The summed E-state index contributed by atoms with van der Waals surface area (Å²) in [6.45, 7) is 6.41. The van der Waals surface area contributed by atoms with Crippen LogP contribution in [0.3, 0.4) is 0 Å². The van der Waals surface area contributed by atoms with Crippen molar-refractivity contribution in [1.82, 2.24) is 20.1 Å². The van der Waals surface area contributed by atoms with Crippen LogP contribution in [0.5, 0.6) is 0 Å². The predicted molar refractivity (Wildman–Crippen MR) is 82.3 cm³/mol. The molecule has 1 N–H and O–H groups in total. The number of rotatable bonds is 10. The van der Waals surface area contributed by atoms with Crippen molar-refractivity contribution in [2.75, 3.05) is 25.5 Å². The summed E-state index contributed by atoms with van der Waals surface area (Å²) in [5.74, 6) is 1.20. The van der Waals surface area contributed by atoms with E-state index in [1.54, 1.807) is 6.33 Å². The average Bonchev–Trinajstić information content (AvgIpc) is 3.15. The van der Waals surface area contributed by atoms with Crippen LogP contribution in [0, 0.1) is 5.92 Å².